The maximum atomic E-state index is 10.5. The normalized spacial score (nSPS) is 20.9. The van der Waals surface area contributed by atoms with E-state index in [1.165, 1.54) is 0 Å². The molecule has 6 nitrogen and oxygen atoms in total. The van der Waals surface area contributed by atoms with Gasteiger partial charge in [-0.15, -0.1) is 24.0 Å². The molecule has 3 N–H and O–H groups in total. The van der Waals surface area contributed by atoms with Crippen LogP contribution in [0.1, 0.15) is 51.1 Å². The highest BCUT2D eigenvalue weighted by Gasteiger charge is 2.31. The number of pyridine rings is 1. The number of hydrogen-bond donors (Lipinski definition) is 3. The van der Waals surface area contributed by atoms with Crippen molar-refractivity contribution in [1.82, 2.24) is 20.5 Å². The van der Waals surface area contributed by atoms with Crippen molar-refractivity contribution in [3.8, 4) is 0 Å². The number of likely N-dealkylation sites (tertiary alicyclic amines) is 1. The Hall–Kier alpha value is -0.930. The van der Waals surface area contributed by atoms with Crippen molar-refractivity contribution in [3.63, 3.8) is 0 Å². The van der Waals surface area contributed by atoms with Gasteiger partial charge < -0.3 is 15.7 Å². The maximum Gasteiger partial charge on any atom is 0.191 e. The predicted molar refractivity (Wildman–Crippen MR) is 120 cm³/mol. The highest BCUT2D eigenvalue weighted by Crippen LogP contribution is 2.29. The monoisotopic (exact) mass is 487 g/mol. The molecule has 1 saturated heterocycles. The first-order valence-electron chi connectivity index (χ1n) is 10.1. The summed E-state index contributed by atoms with van der Waals surface area (Å²) in [6.07, 6.45) is 8.04. The number of rotatable bonds is 6. The van der Waals surface area contributed by atoms with Crippen LogP contribution >= 0.6 is 24.0 Å². The molecule has 1 aliphatic carbocycles. The maximum absolute atomic E-state index is 10.5. The Morgan fingerprint density at radius 3 is 2.67 bits per heavy atom. The summed E-state index contributed by atoms with van der Waals surface area (Å²) in [6.45, 7) is 6.48. The molecule has 27 heavy (non-hydrogen) atoms. The molecule has 7 heteroatoms. The molecule has 1 saturated carbocycles. The number of halogens is 1. The smallest absolute Gasteiger partial charge is 0.191 e. The fraction of sp³-hybridized carbons (Fsp3) is 0.700. The predicted octanol–water partition coefficient (Wildman–Crippen LogP) is 2.52. The Kier molecular flexibility index (Phi) is 9.25. The molecule has 0 spiro atoms. The second kappa shape index (κ2) is 11.2. The van der Waals surface area contributed by atoms with Gasteiger partial charge in [-0.3, -0.25) is 14.9 Å². The molecule has 1 aliphatic heterocycles. The molecule has 152 valence electrons. The summed E-state index contributed by atoms with van der Waals surface area (Å²) in [5.74, 6) is 0.844. The van der Waals surface area contributed by atoms with Crippen molar-refractivity contribution in [1.29, 1.82) is 0 Å². The second-order valence-electron chi connectivity index (χ2n) is 7.64. The van der Waals surface area contributed by atoms with Gasteiger partial charge in [-0.05, 0) is 44.7 Å². The van der Waals surface area contributed by atoms with Gasteiger partial charge in [-0.2, -0.15) is 0 Å². The number of guanidine groups is 1. The van der Waals surface area contributed by atoms with E-state index >= 15 is 0 Å². The van der Waals surface area contributed by atoms with Gasteiger partial charge in [0.15, 0.2) is 5.96 Å². The first kappa shape index (κ1) is 22.4. The number of aromatic nitrogens is 1. The number of aliphatic hydroxyl groups is 1. The van der Waals surface area contributed by atoms with Crippen LogP contribution in [0.15, 0.2) is 29.4 Å². The molecule has 2 aliphatic rings. The Labute approximate surface area is 180 Å². The average molecular weight is 487 g/mol. The topological polar surface area (TPSA) is 72.8 Å². The zero-order chi connectivity index (χ0) is 18.2. The third kappa shape index (κ3) is 7.19. The van der Waals surface area contributed by atoms with Gasteiger partial charge in [0.25, 0.3) is 0 Å². The van der Waals surface area contributed by atoms with Crippen LogP contribution in [0.3, 0.4) is 0 Å². The highest BCUT2D eigenvalue weighted by atomic mass is 127. The van der Waals surface area contributed by atoms with Crippen molar-refractivity contribution in [2.45, 2.75) is 63.6 Å². The quantitative estimate of drug-likeness (QED) is 0.327. The molecule has 0 amide bonds. The largest absolute Gasteiger partial charge is 0.388 e. The first-order chi connectivity index (χ1) is 12.7. The molecule has 0 aromatic carbocycles. The van der Waals surface area contributed by atoms with Crippen LogP contribution in [-0.4, -0.2) is 58.8 Å². The van der Waals surface area contributed by atoms with Crippen molar-refractivity contribution in [3.05, 3.63) is 30.1 Å². The molecular weight excluding hydrogens is 453 g/mol. The zero-order valence-electron chi connectivity index (χ0n) is 16.4. The van der Waals surface area contributed by atoms with Crippen molar-refractivity contribution >= 4 is 29.9 Å². The molecule has 0 radical (unpaired) electrons. The summed E-state index contributed by atoms with van der Waals surface area (Å²) in [5, 5.41) is 17.4. The molecule has 0 bridgehead atoms. The van der Waals surface area contributed by atoms with Crippen LogP contribution in [0.2, 0.25) is 0 Å². The number of hydrogen-bond acceptors (Lipinski definition) is 4. The van der Waals surface area contributed by atoms with Gasteiger partial charge in [-0.25, -0.2) is 0 Å². The Morgan fingerprint density at radius 1 is 1.30 bits per heavy atom. The van der Waals surface area contributed by atoms with Crippen molar-refractivity contribution in [2.75, 3.05) is 26.2 Å². The molecular formula is C20H34IN5O. The summed E-state index contributed by atoms with van der Waals surface area (Å²) in [5.41, 5.74) is 0.549. The molecule has 3 rings (SSSR count). The van der Waals surface area contributed by atoms with Gasteiger partial charge in [0, 0.05) is 38.4 Å². The van der Waals surface area contributed by atoms with E-state index < -0.39 is 5.60 Å². The van der Waals surface area contributed by atoms with Crippen LogP contribution in [0.5, 0.6) is 0 Å². The van der Waals surface area contributed by atoms with Crippen molar-refractivity contribution < 1.29 is 5.11 Å². The number of aliphatic imine (C=N–C) groups is 1. The lowest BCUT2D eigenvalue weighted by molar-refractivity contribution is 0.0573. The Balaban J connectivity index is 0.00000261. The van der Waals surface area contributed by atoms with Crippen LogP contribution in [0.4, 0.5) is 0 Å². The van der Waals surface area contributed by atoms with E-state index in [9.17, 15) is 5.11 Å². The molecule has 1 aromatic rings. The van der Waals surface area contributed by atoms with E-state index in [-0.39, 0.29) is 24.0 Å². The minimum absolute atomic E-state index is 0. The number of piperidine rings is 1. The lowest BCUT2D eigenvalue weighted by atomic mass is 10.0. The fourth-order valence-corrected chi connectivity index (χ4v) is 3.89. The third-order valence-corrected chi connectivity index (χ3v) is 5.45. The average Bonchev–Trinajstić information content (AvgIpc) is 3.09. The van der Waals surface area contributed by atoms with E-state index in [0.717, 1.165) is 76.4 Å². The minimum atomic E-state index is -0.589. The van der Waals surface area contributed by atoms with Gasteiger partial charge in [0.2, 0.25) is 0 Å². The minimum Gasteiger partial charge on any atom is -0.388 e. The molecule has 0 unspecified atom stereocenters. The molecule has 0 atom stereocenters. The first-order valence-corrected chi connectivity index (χ1v) is 10.1. The summed E-state index contributed by atoms with van der Waals surface area (Å²) < 4.78 is 0. The zero-order valence-corrected chi connectivity index (χ0v) is 18.7. The fourth-order valence-electron chi connectivity index (χ4n) is 3.89. The molecule has 1 aromatic heterocycles. The molecule has 2 fully saturated rings. The van der Waals surface area contributed by atoms with Crippen LogP contribution in [0.25, 0.3) is 0 Å². The summed E-state index contributed by atoms with van der Waals surface area (Å²) >= 11 is 0. The van der Waals surface area contributed by atoms with Gasteiger partial charge in [0.1, 0.15) is 0 Å². The van der Waals surface area contributed by atoms with E-state index in [4.69, 9.17) is 0 Å². The lowest BCUT2D eigenvalue weighted by Gasteiger charge is -2.33. The van der Waals surface area contributed by atoms with E-state index in [0.29, 0.717) is 12.6 Å². The van der Waals surface area contributed by atoms with Gasteiger partial charge >= 0.3 is 0 Å². The van der Waals surface area contributed by atoms with Gasteiger partial charge in [0.05, 0.1) is 17.8 Å². The van der Waals surface area contributed by atoms with Crippen LogP contribution in [0, 0.1) is 0 Å². The Morgan fingerprint density at radius 2 is 2.04 bits per heavy atom. The second-order valence-corrected chi connectivity index (χ2v) is 7.64. The SMILES string of the molecule is CCNC(=NCC1(O)CCCC1)NC1CCN(Cc2ccccn2)CC1.I. The lowest BCUT2D eigenvalue weighted by Crippen LogP contribution is -2.49. The van der Waals surface area contributed by atoms with E-state index in [1.807, 2.05) is 18.3 Å². The highest BCUT2D eigenvalue weighted by molar-refractivity contribution is 14.0. The molecule has 2 heterocycles. The summed E-state index contributed by atoms with van der Waals surface area (Å²) in [7, 11) is 0. The summed E-state index contributed by atoms with van der Waals surface area (Å²) in [6, 6.07) is 6.54. The number of nitrogens with one attached hydrogen (secondary N) is 2. The summed E-state index contributed by atoms with van der Waals surface area (Å²) in [4.78, 5) is 11.6. The standard InChI is InChI=1S/C20H33N5O.HI/c1-2-21-19(23-16-20(26)10-4-5-11-20)24-17-8-13-25(14-9-17)15-18-7-3-6-12-22-18;/h3,6-7,12,17,26H,2,4-5,8-11,13-16H2,1H3,(H2,21,23,24);1H. The van der Waals surface area contributed by atoms with E-state index in [2.05, 4.69) is 38.5 Å². The van der Waals surface area contributed by atoms with Crippen LogP contribution < -0.4 is 10.6 Å². The van der Waals surface area contributed by atoms with Crippen LogP contribution in [-0.2, 0) is 6.54 Å². The van der Waals surface area contributed by atoms with Crippen molar-refractivity contribution in [2.24, 2.45) is 4.99 Å². The third-order valence-electron chi connectivity index (χ3n) is 5.45. The van der Waals surface area contributed by atoms with E-state index in [1.54, 1.807) is 0 Å². The Bertz CT molecular complexity index is 569. The number of nitrogens with zero attached hydrogens (tertiary/aromatic N) is 3. The van der Waals surface area contributed by atoms with Gasteiger partial charge in [-0.1, -0.05) is 18.9 Å².